The summed E-state index contributed by atoms with van der Waals surface area (Å²) in [6.45, 7) is 2.70. The molecule has 0 aliphatic rings. The lowest BCUT2D eigenvalue weighted by molar-refractivity contribution is 0.478. The minimum Gasteiger partial charge on any atom is -0.340 e. The predicted octanol–water partition coefficient (Wildman–Crippen LogP) is 2.59. The quantitative estimate of drug-likeness (QED) is 0.900. The summed E-state index contributed by atoms with van der Waals surface area (Å²) < 4.78 is 28.7. The fraction of sp³-hybridized carbons (Fsp3) is 0.357. The summed E-state index contributed by atoms with van der Waals surface area (Å²) in [5.41, 5.74) is 1.18. The van der Waals surface area contributed by atoms with Crippen LogP contribution in [0.2, 0.25) is 0 Å². The fourth-order valence-corrected chi connectivity index (χ4v) is 2.07. The average Bonchev–Trinajstić information content (AvgIpc) is 2.81. The van der Waals surface area contributed by atoms with Gasteiger partial charge in [-0.25, -0.2) is 13.8 Å². The van der Waals surface area contributed by atoms with E-state index in [0.29, 0.717) is 12.0 Å². The molecule has 3 nitrogen and oxygen atoms in total. The number of hydrogen-bond donors (Lipinski definition) is 1. The van der Waals surface area contributed by atoms with Gasteiger partial charge in [0.05, 0.1) is 18.1 Å². The summed E-state index contributed by atoms with van der Waals surface area (Å²) in [7, 11) is 1.88. The van der Waals surface area contributed by atoms with E-state index < -0.39 is 11.6 Å². The summed E-state index contributed by atoms with van der Waals surface area (Å²) >= 11 is 0. The zero-order chi connectivity index (χ0) is 13.8. The molecule has 0 spiro atoms. The molecule has 1 aromatic carbocycles. The molecule has 2 rings (SSSR count). The molecule has 1 aromatic heterocycles. The largest absolute Gasteiger partial charge is 0.340 e. The highest BCUT2D eigenvalue weighted by molar-refractivity contribution is 5.21. The van der Waals surface area contributed by atoms with Gasteiger partial charge in [-0.2, -0.15) is 0 Å². The Kier molecular flexibility index (Phi) is 4.27. The SMILES string of the molecule is CCNC(Cc1cccc(F)c1F)c1cn(C)cn1. The summed E-state index contributed by atoms with van der Waals surface area (Å²) in [5.74, 6) is -1.59. The van der Waals surface area contributed by atoms with Gasteiger partial charge in [-0.3, -0.25) is 0 Å². The highest BCUT2D eigenvalue weighted by Gasteiger charge is 2.17. The van der Waals surface area contributed by atoms with Crippen molar-refractivity contribution in [1.29, 1.82) is 0 Å². The predicted molar refractivity (Wildman–Crippen MR) is 69.7 cm³/mol. The van der Waals surface area contributed by atoms with Crippen molar-refractivity contribution in [3.05, 3.63) is 53.6 Å². The molecule has 0 aliphatic heterocycles. The van der Waals surface area contributed by atoms with Crippen molar-refractivity contribution in [2.45, 2.75) is 19.4 Å². The van der Waals surface area contributed by atoms with Gasteiger partial charge in [0, 0.05) is 13.2 Å². The minimum atomic E-state index is -0.811. The Bertz CT molecular complexity index is 551. The van der Waals surface area contributed by atoms with Gasteiger partial charge in [0.1, 0.15) is 0 Å². The van der Waals surface area contributed by atoms with E-state index in [-0.39, 0.29) is 6.04 Å². The van der Waals surface area contributed by atoms with Crippen LogP contribution in [-0.4, -0.2) is 16.1 Å². The van der Waals surface area contributed by atoms with E-state index in [1.807, 2.05) is 24.7 Å². The summed E-state index contributed by atoms with van der Waals surface area (Å²) in [6, 6.07) is 4.13. The van der Waals surface area contributed by atoms with Crippen LogP contribution in [0.1, 0.15) is 24.2 Å². The third-order valence-electron chi connectivity index (χ3n) is 2.99. The normalized spacial score (nSPS) is 12.6. The van der Waals surface area contributed by atoms with Crippen LogP contribution in [0.25, 0.3) is 0 Å². The van der Waals surface area contributed by atoms with Gasteiger partial charge in [-0.15, -0.1) is 0 Å². The van der Waals surface area contributed by atoms with Crippen LogP contribution in [0.3, 0.4) is 0 Å². The first-order valence-electron chi connectivity index (χ1n) is 6.26. The Morgan fingerprint density at radius 3 is 2.79 bits per heavy atom. The van der Waals surface area contributed by atoms with Gasteiger partial charge < -0.3 is 9.88 Å². The van der Waals surface area contributed by atoms with Crippen molar-refractivity contribution in [1.82, 2.24) is 14.9 Å². The van der Waals surface area contributed by atoms with Crippen LogP contribution in [0.5, 0.6) is 0 Å². The number of nitrogens with one attached hydrogen (secondary N) is 1. The van der Waals surface area contributed by atoms with Crippen LogP contribution in [0.4, 0.5) is 8.78 Å². The Morgan fingerprint density at radius 2 is 2.16 bits per heavy atom. The third kappa shape index (κ3) is 3.17. The lowest BCUT2D eigenvalue weighted by Crippen LogP contribution is -2.23. The molecule has 0 radical (unpaired) electrons. The van der Waals surface area contributed by atoms with Gasteiger partial charge >= 0.3 is 0 Å². The van der Waals surface area contributed by atoms with E-state index in [1.165, 1.54) is 6.07 Å². The third-order valence-corrected chi connectivity index (χ3v) is 2.99. The van der Waals surface area contributed by atoms with E-state index in [2.05, 4.69) is 10.3 Å². The van der Waals surface area contributed by atoms with E-state index in [1.54, 1.807) is 12.4 Å². The Morgan fingerprint density at radius 1 is 1.37 bits per heavy atom. The van der Waals surface area contributed by atoms with Gasteiger partial charge in [0.2, 0.25) is 0 Å². The van der Waals surface area contributed by atoms with Crippen molar-refractivity contribution in [3.63, 3.8) is 0 Å². The molecular formula is C14H17F2N3. The van der Waals surface area contributed by atoms with Crippen molar-refractivity contribution < 1.29 is 8.78 Å². The number of nitrogens with zero attached hydrogens (tertiary/aromatic N) is 2. The van der Waals surface area contributed by atoms with Crippen LogP contribution < -0.4 is 5.32 Å². The maximum atomic E-state index is 13.7. The first kappa shape index (κ1) is 13.7. The number of imidazole rings is 1. The van der Waals surface area contributed by atoms with Crippen LogP contribution in [0.15, 0.2) is 30.7 Å². The van der Waals surface area contributed by atoms with E-state index in [4.69, 9.17) is 0 Å². The molecule has 102 valence electrons. The van der Waals surface area contributed by atoms with Gasteiger partial charge in [-0.05, 0) is 24.6 Å². The second kappa shape index (κ2) is 5.93. The second-order valence-corrected chi connectivity index (χ2v) is 4.49. The molecule has 0 amide bonds. The summed E-state index contributed by atoms with van der Waals surface area (Å²) in [5, 5.41) is 3.24. The number of aromatic nitrogens is 2. The van der Waals surface area contributed by atoms with Crippen LogP contribution in [-0.2, 0) is 13.5 Å². The first-order chi connectivity index (χ1) is 9.11. The smallest absolute Gasteiger partial charge is 0.162 e. The molecule has 1 heterocycles. The molecule has 0 fully saturated rings. The molecule has 1 unspecified atom stereocenters. The minimum absolute atomic E-state index is 0.123. The summed E-state index contributed by atoms with van der Waals surface area (Å²) in [4.78, 5) is 4.27. The molecule has 1 atom stereocenters. The molecule has 0 bridgehead atoms. The van der Waals surface area contributed by atoms with Gasteiger partial charge in [-0.1, -0.05) is 19.1 Å². The Balaban J connectivity index is 2.23. The lowest BCUT2D eigenvalue weighted by Gasteiger charge is -2.16. The molecule has 0 aliphatic carbocycles. The fourth-order valence-electron chi connectivity index (χ4n) is 2.07. The Labute approximate surface area is 111 Å². The number of rotatable bonds is 5. The van der Waals surface area contributed by atoms with Crippen molar-refractivity contribution in [2.24, 2.45) is 7.05 Å². The molecule has 0 saturated heterocycles. The lowest BCUT2D eigenvalue weighted by atomic mass is 10.0. The standard InChI is InChI=1S/C14H17F2N3/c1-3-17-12(13-8-19(2)9-18-13)7-10-5-4-6-11(15)14(10)16/h4-6,8-9,12,17H,3,7H2,1-2H3. The number of hydrogen-bond acceptors (Lipinski definition) is 2. The second-order valence-electron chi connectivity index (χ2n) is 4.49. The van der Waals surface area contributed by atoms with Crippen molar-refractivity contribution >= 4 is 0 Å². The van der Waals surface area contributed by atoms with Crippen LogP contribution in [0, 0.1) is 11.6 Å². The number of likely N-dealkylation sites (N-methyl/N-ethyl adjacent to an activating group) is 1. The monoisotopic (exact) mass is 265 g/mol. The topological polar surface area (TPSA) is 29.9 Å². The van der Waals surface area contributed by atoms with E-state index in [0.717, 1.165) is 18.3 Å². The number of benzene rings is 1. The van der Waals surface area contributed by atoms with E-state index >= 15 is 0 Å². The average molecular weight is 265 g/mol. The van der Waals surface area contributed by atoms with Gasteiger partial charge in [0.15, 0.2) is 11.6 Å². The van der Waals surface area contributed by atoms with Crippen molar-refractivity contribution in [2.75, 3.05) is 6.54 Å². The molecule has 0 saturated carbocycles. The molecule has 1 N–H and O–H groups in total. The number of aryl methyl sites for hydroxylation is 1. The number of halogens is 2. The maximum Gasteiger partial charge on any atom is 0.162 e. The molecule has 5 heteroatoms. The highest BCUT2D eigenvalue weighted by Crippen LogP contribution is 2.20. The highest BCUT2D eigenvalue weighted by atomic mass is 19.2. The molecule has 19 heavy (non-hydrogen) atoms. The summed E-state index contributed by atoms with van der Waals surface area (Å²) in [6.07, 6.45) is 3.95. The van der Waals surface area contributed by atoms with E-state index in [9.17, 15) is 8.78 Å². The van der Waals surface area contributed by atoms with Crippen LogP contribution >= 0.6 is 0 Å². The molecular weight excluding hydrogens is 248 g/mol. The van der Waals surface area contributed by atoms with Gasteiger partial charge in [0.25, 0.3) is 0 Å². The van der Waals surface area contributed by atoms with Crippen molar-refractivity contribution in [3.8, 4) is 0 Å². The zero-order valence-electron chi connectivity index (χ0n) is 11.0. The Hall–Kier alpha value is -1.75. The first-order valence-corrected chi connectivity index (χ1v) is 6.26. The zero-order valence-corrected chi connectivity index (χ0v) is 11.0. The molecule has 2 aromatic rings. The maximum absolute atomic E-state index is 13.7.